The molecule has 0 atom stereocenters. The molecule has 1 rings (SSSR count). The van der Waals surface area contributed by atoms with Crippen LogP contribution in [0, 0.1) is 0 Å². The van der Waals surface area contributed by atoms with E-state index in [1.54, 1.807) is 14.1 Å². The lowest BCUT2D eigenvalue weighted by molar-refractivity contribution is 0.807. The zero-order valence-electron chi connectivity index (χ0n) is 6.34. The first-order chi connectivity index (χ1) is 5.15. The van der Waals surface area contributed by atoms with E-state index in [0.717, 1.165) is 0 Å². The highest BCUT2D eigenvalue weighted by Gasteiger charge is 1.97. The van der Waals surface area contributed by atoms with Crippen LogP contribution < -0.4 is 16.6 Å². The summed E-state index contributed by atoms with van der Waals surface area (Å²) in [4.78, 5) is 23.7. The maximum absolute atomic E-state index is 10.9. The molecule has 0 aliphatic heterocycles. The van der Waals surface area contributed by atoms with Crippen LogP contribution in [0.5, 0.6) is 0 Å². The predicted octanol–water partition coefficient (Wildman–Crippen LogP) is -0.885. The smallest absolute Gasteiger partial charge is 0.329 e. The lowest BCUT2D eigenvalue weighted by Gasteiger charge is -2.03. The summed E-state index contributed by atoms with van der Waals surface area (Å²) >= 11 is 0. The van der Waals surface area contributed by atoms with Gasteiger partial charge in [0.25, 0.3) is 5.56 Å². The van der Waals surface area contributed by atoms with E-state index in [9.17, 15) is 9.59 Å². The molecule has 1 aromatic heterocycles. The lowest BCUT2D eigenvalue weighted by Crippen LogP contribution is -2.29. The summed E-state index contributed by atoms with van der Waals surface area (Å²) in [5, 5.41) is 2.72. The maximum Gasteiger partial charge on any atom is 0.329 e. The minimum absolute atomic E-state index is 0.391. The first kappa shape index (κ1) is 7.59. The van der Waals surface area contributed by atoms with Crippen LogP contribution in [0.4, 0.5) is 5.82 Å². The van der Waals surface area contributed by atoms with E-state index < -0.39 is 11.2 Å². The Morgan fingerprint density at radius 2 is 2.18 bits per heavy atom. The molecule has 11 heavy (non-hydrogen) atoms. The molecule has 0 aliphatic carbocycles. The SMILES string of the molecule is CNc1cc(=O)[nH]c(=O)n1C. The molecule has 0 saturated carbocycles. The summed E-state index contributed by atoms with van der Waals surface area (Å²) in [6.45, 7) is 0. The van der Waals surface area contributed by atoms with Gasteiger partial charge in [0.15, 0.2) is 0 Å². The summed E-state index contributed by atoms with van der Waals surface area (Å²) in [5.41, 5.74) is -0.806. The van der Waals surface area contributed by atoms with Crippen molar-refractivity contribution in [1.29, 1.82) is 0 Å². The third-order valence-electron chi connectivity index (χ3n) is 1.42. The van der Waals surface area contributed by atoms with Crippen LogP contribution in [-0.2, 0) is 7.05 Å². The minimum Gasteiger partial charge on any atom is -0.374 e. The summed E-state index contributed by atoms with van der Waals surface area (Å²) in [7, 11) is 3.22. The predicted molar refractivity (Wildman–Crippen MR) is 41.9 cm³/mol. The Kier molecular flexibility index (Phi) is 1.80. The van der Waals surface area contributed by atoms with Gasteiger partial charge in [-0.15, -0.1) is 0 Å². The van der Waals surface area contributed by atoms with Crippen LogP contribution in [0.15, 0.2) is 15.7 Å². The Morgan fingerprint density at radius 3 is 2.73 bits per heavy atom. The van der Waals surface area contributed by atoms with Gasteiger partial charge in [0.1, 0.15) is 5.82 Å². The number of anilines is 1. The highest BCUT2D eigenvalue weighted by atomic mass is 16.2. The molecule has 0 bridgehead atoms. The Labute approximate surface area is 62.7 Å². The van der Waals surface area contributed by atoms with Crippen LogP contribution >= 0.6 is 0 Å². The molecule has 5 heteroatoms. The van der Waals surface area contributed by atoms with Crippen LogP contribution in [-0.4, -0.2) is 16.6 Å². The number of aromatic amines is 1. The van der Waals surface area contributed by atoms with Crippen molar-refractivity contribution in [2.75, 3.05) is 12.4 Å². The Bertz CT molecular complexity index is 363. The minimum atomic E-state index is -0.415. The Morgan fingerprint density at radius 1 is 1.55 bits per heavy atom. The fourth-order valence-corrected chi connectivity index (χ4v) is 0.796. The fourth-order valence-electron chi connectivity index (χ4n) is 0.796. The number of aromatic nitrogens is 2. The molecular formula is C6H9N3O2. The number of H-pyrrole nitrogens is 1. The van der Waals surface area contributed by atoms with E-state index in [2.05, 4.69) is 10.3 Å². The number of nitrogens with zero attached hydrogens (tertiary/aromatic N) is 1. The van der Waals surface area contributed by atoms with Gasteiger partial charge in [0, 0.05) is 20.2 Å². The first-order valence-corrected chi connectivity index (χ1v) is 3.13. The summed E-state index contributed by atoms with van der Waals surface area (Å²) < 4.78 is 1.32. The van der Waals surface area contributed by atoms with E-state index in [1.165, 1.54) is 10.6 Å². The third-order valence-corrected chi connectivity index (χ3v) is 1.42. The van der Waals surface area contributed by atoms with Gasteiger partial charge in [-0.2, -0.15) is 0 Å². The average Bonchev–Trinajstić information content (AvgIpc) is 1.96. The average molecular weight is 155 g/mol. The van der Waals surface area contributed by atoms with E-state index in [4.69, 9.17) is 0 Å². The van der Waals surface area contributed by atoms with Crippen molar-refractivity contribution in [3.63, 3.8) is 0 Å². The second-order valence-electron chi connectivity index (χ2n) is 2.13. The van der Waals surface area contributed by atoms with Gasteiger partial charge in [-0.1, -0.05) is 0 Å². The number of hydrogen-bond acceptors (Lipinski definition) is 3. The molecule has 0 saturated heterocycles. The summed E-state index contributed by atoms with van der Waals surface area (Å²) in [6.07, 6.45) is 0. The first-order valence-electron chi connectivity index (χ1n) is 3.13. The Balaban J connectivity index is 3.49. The monoisotopic (exact) mass is 155 g/mol. The maximum atomic E-state index is 10.9. The van der Waals surface area contributed by atoms with Crippen molar-refractivity contribution in [2.24, 2.45) is 7.05 Å². The largest absolute Gasteiger partial charge is 0.374 e. The molecule has 2 N–H and O–H groups in total. The molecule has 1 heterocycles. The molecule has 0 spiro atoms. The fraction of sp³-hybridized carbons (Fsp3) is 0.333. The molecule has 0 radical (unpaired) electrons. The molecular weight excluding hydrogens is 146 g/mol. The van der Waals surface area contributed by atoms with Gasteiger partial charge < -0.3 is 5.32 Å². The van der Waals surface area contributed by atoms with Crippen molar-refractivity contribution in [3.05, 3.63) is 26.9 Å². The zero-order chi connectivity index (χ0) is 8.43. The van der Waals surface area contributed by atoms with Crippen molar-refractivity contribution >= 4 is 5.82 Å². The summed E-state index contributed by atoms with van der Waals surface area (Å²) in [6, 6.07) is 1.32. The van der Waals surface area contributed by atoms with Gasteiger partial charge >= 0.3 is 5.69 Å². The van der Waals surface area contributed by atoms with Gasteiger partial charge in [-0.05, 0) is 0 Å². The van der Waals surface area contributed by atoms with Crippen molar-refractivity contribution in [3.8, 4) is 0 Å². The van der Waals surface area contributed by atoms with Crippen molar-refractivity contribution < 1.29 is 0 Å². The van der Waals surface area contributed by atoms with E-state index in [1.807, 2.05) is 0 Å². The van der Waals surface area contributed by atoms with Crippen LogP contribution in [0.1, 0.15) is 0 Å². The molecule has 0 aliphatic rings. The van der Waals surface area contributed by atoms with Gasteiger partial charge in [0.2, 0.25) is 0 Å². The van der Waals surface area contributed by atoms with Crippen molar-refractivity contribution in [1.82, 2.24) is 9.55 Å². The van der Waals surface area contributed by atoms with E-state index in [0.29, 0.717) is 5.82 Å². The highest BCUT2D eigenvalue weighted by Crippen LogP contribution is 1.92. The quantitative estimate of drug-likeness (QED) is 0.553. The molecule has 0 aromatic carbocycles. The lowest BCUT2D eigenvalue weighted by atomic mass is 10.5. The van der Waals surface area contributed by atoms with Crippen LogP contribution in [0.2, 0.25) is 0 Å². The molecule has 0 fully saturated rings. The zero-order valence-corrected chi connectivity index (χ0v) is 6.34. The molecule has 5 nitrogen and oxygen atoms in total. The van der Waals surface area contributed by atoms with E-state index in [-0.39, 0.29) is 0 Å². The Hall–Kier alpha value is -1.52. The third kappa shape index (κ3) is 1.31. The molecule has 0 amide bonds. The van der Waals surface area contributed by atoms with E-state index >= 15 is 0 Å². The second kappa shape index (κ2) is 2.61. The highest BCUT2D eigenvalue weighted by molar-refractivity contribution is 5.31. The van der Waals surface area contributed by atoms with Gasteiger partial charge in [-0.3, -0.25) is 14.3 Å². The van der Waals surface area contributed by atoms with Gasteiger partial charge in [0.05, 0.1) is 0 Å². The van der Waals surface area contributed by atoms with Crippen LogP contribution in [0.25, 0.3) is 0 Å². The van der Waals surface area contributed by atoms with Gasteiger partial charge in [-0.25, -0.2) is 4.79 Å². The molecule has 0 unspecified atom stereocenters. The van der Waals surface area contributed by atoms with Crippen molar-refractivity contribution in [2.45, 2.75) is 0 Å². The number of nitrogens with one attached hydrogen (secondary N) is 2. The normalized spacial score (nSPS) is 9.64. The standard InChI is InChI=1S/C6H9N3O2/c1-7-4-3-5(10)8-6(11)9(4)2/h3,7H,1-2H3,(H,8,10,11). The summed E-state index contributed by atoms with van der Waals surface area (Å²) in [5.74, 6) is 0.499. The number of rotatable bonds is 1. The molecule has 60 valence electrons. The second-order valence-corrected chi connectivity index (χ2v) is 2.13. The van der Waals surface area contributed by atoms with Crippen LogP contribution in [0.3, 0.4) is 0 Å². The topological polar surface area (TPSA) is 66.9 Å². The number of hydrogen-bond donors (Lipinski definition) is 2. The molecule has 1 aromatic rings.